The molecule has 0 aromatic carbocycles. The Bertz CT molecular complexity index is 170. The molecule has 1 atom stereocenters. The van der Waals surface area contributed by atoms with Gasteiger partial charge in [0.2, 0.25) is 6.40 Å². The van der Waals surface area contributed by atoms with Gasteiger partial charge in [-0.3, -0.25) is 0 Å². The summed E-state index contributed by atoms with van der Waals surface area (Å²) in [4.78, 5) is 22.6. The van der Waals surface area contributed by atoms with Gasteiger partial charge in [-0.25, -0.2) is 9.79 Å². The molecule has 0 saturated carbocycles. The normalized spacial score (nSPS) is 13.1. The smallest absolute Gasteiger partial charge is 0.328 e. The predicted molar refractivity (Wildman–Crippen MR) is 44.5 cm³/mol. The molecule has 0 aliphatic heterocycles. The van der Waals surface area contributed by atoms with Crippen molar-refractivity contribution in [3.8, 4) is 0 Å². The van der Waals surface area contributed by atoms with Crippen LogP contribution in [0.25, 0.3) is 0 Å². The number of carbonyl (C=O) groups is 1. The van der Waals surface area contributed by atoms with Crippen LogP contribution in [0.3, 0.4) is 0 Å². The average molecular weight is 191 g/mol. The van der Waals surface area contributed by atoms with Gasteiger partial charge in [-0.2, -0.15) is 4.89 Å². The maximum atomic E-state index is 10.5. The first kappa shape index (κ1) is 11.9. The Labute approximate surface area is 76.0 Å². The first-order valence-electron chi connectivity index (χ1n) is 3.65. The van der Waals surface area contributed by atoms with Crippen molar-refractivity contribution in [1.29, 1.82) is 0 Å². The molecule has 0 amide bonds. The molecule has 0 heterocycles. The number of aliphatic carboxylic acids is 1. The van der Waals surface area contributed by atoms with Crippen LogP contribution in [0, 0.1) is 0 Å². The van der Waals surface area contributed by atoms with E-state index in [1.807, 2.05) is 0 Å². The Hall–Kier alpha value is -1.14. The molecule has 0 aliphatic rings. The van der Waals surface area contributed by atoms with Gasteiger partial charge in [-0.15, -0.1) is 0 Å². The van der Waals surface area contributed by atoms with Crippen molar-refractivity contribution in [2.24, 2.45) is 4.99 Å². The Kier molecular flexibility index (Phi) is 6.85. The van der Waals surface area contributed by atoms with Gasteiger partial charge in [0, 0.05) is 20.1 Å². The predicted octanol–water partition coefficient (Wildman–Crippen LogP) is 0.0824. The first-order valence-corrected chi connectivity index (χ1v) is 3.65. The van der Waals surface area contributed by atoms with Crippen LogP contribution in [-0.4, -0.2) is 44.3 Å². The van der Waals surface area contributed by atoms with Crippen molar-refractivity contribution in [2.45, 2.75) is 12.5 Å². The van der Waals surface area contributed by atoms with Crippen LogP contribution in [0.15, 0.2) is 4.99 Å². The van der Waals surface area contributed by atoms with E-state index in [2.05, 4.69) is 14.8 Å². The molecular weight excluding hydrogens is 178 g/mol. The summed E-state index contributed by atoms with van der Waals surface area (Å²) in [5.41, 5.74) is 0. The second kappa shape index (κ2) is 7.51. The zero-order valence-electron chi connectivity index (χ0n) is 7.60. The Morgan fingerprint density at radius 1 is 1.62 bits per heavy atom. The maximum Gasteiger partial charge on any atom is 0.328 e. The summed E-state index contributed by atoms with van der Waals surface area (Å²) in [7, 11) is 2.80. The minimum absolute atomic E-state index is 0.301. The summed E-state index contributed by atoms with van der Waals surface area (Å²) in [6, 6.07) is -0.852. The largest absolute Gasteiger partial charge is 0.480 e. The molecule has 0 aromatic heterocycles. The molecule has 76 valence electrons. The topological polar surface area (TPSA) is 77.3 Å². The van der Waals surface area contributed by atoms with Crippen molar-refractivity contribution in [3.05, 3.63) is 0 Å². The molecule has 0 spiro atoms. The third-order valence-electron chi connectivity index (χ3n) is 1.26. The number of carboxylic acid groups (broad SMARTS) is 1. The van der Waals surface area contributed by atoms with Crippen molar-refractivity contribution in [1.82, 2.24) is 0 Å². The fourth-order valence-corrected chi connectivity index (χ4v) is 0.633. The van der Waals surface area contributed by atoms with E-state index in [0.29, 0.717) is 13.0 Å². The second-order valence-electron chi connectivity index (χ2n) is 2.15. The molecule has 6 heteroatoms. The lowest BCUT2D eigenvalue weighted by atomic mass is 10.2. The number of ether oxygens (including phenoxy) is 1. The van der Waals surface area contributed by atoms with Crippen LogP contribution in [0.2, 0.25) is 0 Å². The molecule has 6 nitrogen and oxygen atoms in total. The summed E-state index contributed by atoms with van der Waals surface area (Å²) < 4.78 is 4.72. The molecule has 0 aromatic rings. The number of nitrogens with zero attached hydrogens (tertiary/aromatic N) is 1. The van der Waals surface area contributed by atoms with Crippen LogP contribution in [0.5, 0.6) is 0 Å². The van der Waals surface area contributed by atoms with E-state index in [4.69, 9.17) is 9.84 Å². The molecule has 13 heavy (non-hydrogen) atoms. The van der Waals surface area contributed by atoms with E-state index in [9.17, 15) is 4.79 Å². The highest BCUT2D eigenvalue weighted by molar-refractivity contribution is 5.75. The minimum atomic E-state index is -1.02. The summed E-state index contributed by atoms with van der Waals surface area (Å²) in [6.07, 6.45) is 1.25. The van der Waals surface area contributed by atoms with Gasteiger partial charge >= 0.3 is 5.97 Å². The number of aliphatic imine (C=N–C) groups is 1. The zero-order valence-corrected chi connectivity index (χ0v) is 7.60. The Morgan fingerprint density at radius 3 is 2.77 bits per heavy atom. The van der Waals surface area contributed by atoms with E-state index in [1.54, 1.807) is 0 Å². The minimum Gasteiger partial charge on any atom is -0.480 e. The van der Waals surface area contributed by atoms with Crippen molar-refractivity contribution >= 4 is 12.4 Å². The lowest BCUT2D eigenvalue weighted by Gasteiger charge is -2.04. The summed E-state index contributed by atoms with van der Waals surface area (Å²) >= 11 is 0. The highest BCUT2D eigenvalue weighted by Gasteiger charge is 2.14. The van der Waals surface area contributed by atoms with Crippen molar-refractivity contribution in [2.75, 3.05) is 20.8 Å². The van der Waals surface area contributed by atoms with Gasteiger partial charge in [0.15, 0.2) is 6.04 Å². The molecule has 0 unspecified atom stereocenters. The average Bonchev–Trinajstić information content (AvgIpc) is 2.10. The summed E-state index contributed by atoms with van der Waals surface area (Å²) in [5.74, 6) is -1.02. The van der Waals surface area contributed by atoms with Crippen molar-refractivity contribution < 1.29 is 24.4 Å². The van der Waals surface area contributed by atoms with Gasteiger partial charge in [0.1, 0.15) is 0 Å². The monoisotopic (exact) mass is 191 g/mol. The fourth-order valence-electron chi connectivity index (χ4n) is 0.633. The summed E-state index contributed by atoms with van der Waals surface area (Å²) in [6.45, 7) is 0.335. The van der Waals surface area contributed by atoms with Crippen LogP contribution < -0.4 is 0 Å². The standard InChI is InChI=1S/C7H13NO5/c1-11-4-3-6(7(9)10)8-5-13-12-2/h5-6H,3-4H2,1-2H3,(H,9,10)/t6-/m1/s1. The number of methoxy groups -OCH3 is 1. The van der Waals surface area contributed by atoms with E-state index in [0.717, 1.165) is 6.40 Å². The molecule has 1 N–H and O–H groups in total. The summed E-state index contributed by atoms with van der Waals surface area (Å²) in [5, 5.41) is 8.63. The van der Waals surface area contributed by atoms with E-state index < -0.39 is 12.0 Å². The van der Waals surface area contributed by atoms with Crippen LogP contribution >= 0.6 is 0 Å². The third kappa shape index (κ3) is 6.06. The molecule has 0 radical (unpaired) electrons. The van der Waals surface area contributed by atoms with Crippen molar-refractivity contribution in [3.63, 3.8) is 0 Å². The van der Waals surface area contributed by atoms with Gasteiger partial charge in [0.25, 0.3) is 0 Å². The van der Waals surface area contributed by atoms with Gasteiger partial charge in [0.05, 0.1) is 7.11 Å². The second-order valence-corrected chi connectivity index (χ2v) is 2.15. The Morgan fingerprint density at radius 2 is 2.31 bits per heavy atom. The number of rotatable bonds is 7. The lowest BCUT2D eigenvalue weighted by Crippen LogP contribution is -2.20. The zero-order chi connectivity index (χ0) is 10.1. The van der Waals surface area contributed by atoms with Crippen LogP contribution in [0.1, 0.15) is 6.42 Å². The van der Waals surface area contributed by atoms with E-state index in [1.165, 1.54) is 14.2 Å². The number of hydrogen-bond acceptors (Lipinski definition) is 5. The number of hydrogen-bond donors (Lipinski definition) is 1. The first-order chi connectivity index (χ1) is 6.22. The molecule has 0 rings (SSSR count). The van der Waals surface area contributed by atoms with Crippen LogP contribution in [-0.2, 0) is 19.3 Å². The molecule has 0 aliphatic carbocycles. The van der Waals surface area contributed by atoms with Crippen LogP contribution in [0.4, 0.5) is 0 Å². The molecular formula is C7H13NO5. The quantitative estimate of drug-likeness (QED) is 0.267. The maximum absolute atomic E-state index is 10.5. The Balaban J connectivity index is 3.86. The molecule has 0 fully saturated rings. The van der Waals surface area contributed by atoms with Gasteiger partial charge in [-0.1, -0.05) is 0 Å². The highest BCUT2D eigenvalue weighted by Crippen LogP contribution is 1.97. The van der Waals surface area contributed by atoms with Gasteiger partial charge in [-0.05, 0) is 0 Å². The highest BCUT2D eigenvalue weighted by atomic mass is 17.2. The molecule has 0 bridgehead atoms. The third-order valence-corrected chi connectivity index (χ3v) is 1.26. The van der Waals surface area contributed by atoms with Gasteiger partial charge < -0.3 is 14.7 Å². The van der Waals surface area contributed by atoms with E-state index >= 15 is 0 Å². The lowest BCUT2D eigenvalue weighted by molar-refractivity contribution is -0.188. The van der Waals surface area contributed by atoms with E-state index in [-0.39, 0.29) is 0 Å². The molecule has 0 saturated heterocycles. The SMILES string of the molecule is COCC[C@@H](N=COOC)C(=O)O. The number of carboxylic acids is 1. The fraction of sp³-hybridized carbons (Fsp3) is 0.714.